The van der Waals surface area contributed by atoms with E-state index in [1.807, 2.05) is 30.3 Å². The molecule has 0 radical (unpaired) electrons. The van der Waals surface area contributed by atoms with Gasteiger partial charge in [0.05, 0.1) is 32.1 Å². The summed E-state index contributed by atoms with van der Waals surface area (Å²) >= 11 is 0. The Labute approximate surface area is 228 Å². The van der Waals surface area contributed by atoms with Gasteiger partial charge in [-0.05, 0) is 36.1 Å². The fourth-order valence-electron chi connectivity index (χ4n) is 5.27. The number of nitrogens with zero attached hydrogens (tertiary/aromatic N) is 1. The number of benzene rings is 2. The van der Waals surface area contributed by atoms with E-state index in [4.69, 9.17) is 9.47 Å². The van der Waals surface area contributed by atoms with Gasteiger partial charge in [-0.15, -0.1) is 0 Å². The van der Waals surface area contributed by atoms with E-state index in [0.717, 1.165) is 5.56 Å². The summed E-state index contributed by atoms with van der Waals surface area (Å²) in [7, 11) is 1.45. The predicted octanol–water partition coefficient (Wildman–Crippen LogP) is 2.25. The quantitative estimate of drug-likeness (QED) is 0.376. The van der Waals surface area contributed by atoms with Gasteiger partial charge in [0.15, 0.2) is 11.5 Å². The molecule has 0 saturated heterocycles. The van der Waals surface area contributed by atoms with Crippen LogP contribution in [0.3, 0.4) is 0 Å². The molecule has 0 fully saturated rings. The number of hydrogen-bond donors (Lipinski definition) is 3. The number of fused-ring (bicyclic) bond motifs is 3. The summed E-state index contributed by atoms with van der Waals surface area (Å²) in [6.07, 6.45) is 1.12. The van der Waals surface area contributed by atoms with Crippen LogP contribution in [0.1, 0.15) is 47.7 Å². The summed E-state index contributed by atoms with van der Waals surface area (Å²) < 4.78 is 11.7. The van der Waals surface area contributed by atoms with Crippen molar-refractivity contribution in [2.24, 2.45) is 5.92 Å². The number of nitrogens with one attached hydrogen (secondary N) is 1. The second kappa shape index (κ2) is 12.4. The molecule has 39 heavy (non-hydrogen) atoms. The summed E-state index contributed by atoms with van der Waals surface area (Å²) in [6, 6.07) is 11.7. The normalized spacial score (nSPS) is 21.3. The van der Waals surface area contributed by atoms with Crippen LogP contribution in [0, 0.1) is 5.92 Å². The molecule has 1 heterocycles. The second-order valence-corrected chi connectivity index (χ2v) is 10.3. The number of aldehydes is 1. The average molecular weight is 537 g/mol. The lowest BCUT2D eigenvalue weighted by molar-refractivity contribution is -0.136. The first-order chi connectivity index (χ1) is 18.8. The third kappa shape index (κ3) is 5.99. The topological polar surface area (TPSA) is 125 Å². The van der Waals surface area contributed by atoms with E-state index in [-0.39, 0.29) is 25.5 Å². The summed E-state index contributed by atoms with van der Waals surface area (Å²) in [4.78, 5) is 40.3. The molecule has 1 aliphatic carbocycles. The smallest absolute Gasteiger partial charge is 0.247 e. The maximum absolute atomic E-state index is 13.7. The van der Waals surface area contributed by atoms with Gasteiger partial charge in [0.2, 0.25) is 11.8 Å². The SMILES string of the molecule is COc1cc(C=O)cc2c1O[C@@H]1[C@@H](O)[C@H](N(CCC(C)C)C(=O)Cc3ccccc3)C=C(C(=O)NCCO)[C@H]21. The van der Waals surface area contributed by atoms with Gasteiger partial charge in [0.25, 0.3) is 0 Å². The number of ether oxygens (including phenoxy) is 2. The molecule has 4 rings (SSSR count). The highest BCUT2D eigenvalue weighted by molar-refractivity contribution is 5.96. The summed E-state index contributed by atoms with van der Waals surface area (Å²) in [5, 5.41) is 23.7. The van der Waals surface area contributed by atoms with Gasteiger partial charge in [-0.2, -0.15) is 0 Å². The third-order valence-corrected chi connectivity index (χ3v) is 7.24. The van der Waals surface area contributed by atoms with E-state index in [1.54, 1.807) is 23.1 Å². The number of carbonyl (C=O) groups excluding carboxylic acids is 3. The van der Waals surface area contributed by atoms with Crippen LogP contribution >= 0.6 is 0 Å². The Kier molecular flexibility index (Phi) is 9.04. The van der Waals surface area contributed by atoms with Crippen LogP contribution in [0.2, 0.25) is 0 Å². The van der Waals surface area contributed by atoms with Crippen molar-refractivity contribution < 1.29 is 34.1 Å². The molecule has 9 heteroatoms. The largest absolute Gasteiger partial charge is 0.493 e. The van der Waals surface area contributed by atoms with E-state index in [2.05, 4.69) is 19.2 Å². The average Bonchev–Trinajstić information content (AvgIpc) is 3.32. The molecule has 2 aliphatic rings. The van der Waals surface area contributed by atoms with Gasteiger partial charge in [-0.1, -0.05) is 44.2 Å². The Hall–Kier alpha value is -3.69. The minimum atomic E-state index is -1.16. The predicted molar refractivity (Wildman–Crippen MR) is 145 cm³/mol. The van der Waals surface area contributed by atoms with Crippen molar-refractivity contribution in [3.05, 3.63) is 70.8 Å². The molecule has 208 valence electrons. The Morgan fingerprint density at radius 2 is 1.95 bits per heavy atom. The first-order valence-corrected chi connectivity index (χ1v) is 13.2. The van der Waals surface area contributed by atoms with Crippen LogP contribution in [0.4, 0.5) is 0 Å². The molecular weight excluding hydrogens is 500 g/mol. The van der Waals surface area contributed by atoms with Crippen molar-refractivity contribution >= 4 is 18.1 Å². The number of carbonyl (C=O) groups is 3. The highest BCUT2D eigenvalue weighted by Gasteiger charge is 2.51. The Bertz CT molecular complexity index is 1230. The van der Waals surface area contributed by atoms with Gasteiger partial charge in [0.1, 0.15) is 18.5 Å². The fourth-order valence-corrected chi connectivity index (χ4v) is 5.27. The highest BCUT2D eigenvalue weighted by atomic mass is 16.5. The lowest BCUT2D eigenvalue weighted by Crippen LogP contribution is -2.56. The zero-order valence-electron chi connectivity index (χ0n) is 22.5. The van der Waals surface area contributed by atoms with Crippen LogP contribution in [0.25, 0.3) is 0 Å². The van der Waals surface area contributed by atoms with Crippen molar-refractivity contribution in [2.75, 3.05) is 26.8 Å². The van der Waals surface area contributed by atoms with Gasteiger partial charge in [-0.25, -0.2) is 0 Å². The Morgan fingerprint density at radius 1 is 1.21 bits per heavy atom. The maximum atomic E-state index is 13.7. The zero-order chi connectivity index (χ0) is 28.1. The Morgan fingerprint density at radius 3 is 2.59 bits per heavy atom. The molecule has 0 bridgehead atoms. The summed E-state index contributed by atoms with van der Waals surface area (Å²) in [6.45, 7) is 4.30. The number of aliphatic hydroxyl groups is 2. The summed E-state index contributed by atoms with van der Waals surface area (Å²) in [5.74, 6) is -0.341. The molecular formula is C30H36N2O7. The molecule has 0 unspecified atom stereocenters. The number of hydrogen-bond acceptors (Lipinski definition) is 7. The van der Waals surface area contributed by atoms with Crippen LogP contribution in [0.5, 0.6) is 11.5 Å². The molecule has 2 amide bonds. The van der Waals surface area contributed by atoms with E-state index in [9.17, 15) is 24.6 Å². The molecule has 9 nitrogen and oxygen atoms in total. The number of amides is 2. The number of rotatable bonds is 11. The highest BCUT2D eigenvalue weighted by Crippen LogP contribution is 2.51. The molecule has 0 saturated carbocycles. The van der Waals surface area contributed by atoms with Crippen LogP contribution < -0.4 is 14.8 Å². The molecule has 2 aromatic carbocycles. The van der Waals surface area contributed by atoms with E-state index in [0.29, 0.717) is 53.4 Å². The molecule has 1 aliphatic heterocycles. The van der Waals surface area contributed by atoms with E-state index >= 15 is 0 Å². The van der Waals surface area contributed by atoms with Crippen molar-refractivity contribution in [2.45, 2.75) is 50.9 Å². The van der Waals surface area contributed by atoms with Crippen LogP contribution in [-0.2, 0) is 16.0 Å². The molecule has 0 spiro atoms. The van der Waals surface area contributed by atoms with E-state index in [1.165, 1.54) is 7.11 Å². The zero-order valence-corrected chi connectivity index (χ0v) is 22.5. The molecule has 2 aromatic rings. The maximum Gasteiger partial charge on any atom is 0.247 e. The van der Waals surface area contributed by atoms with Crippen molar-refractivity contribution in [1.82, 2.24) is 10.2 Å². The first kappa shape index (κ1) is 28.3. The van der Waals surface area contributed by atoms with E-state index < -0.39 is 30.1 Å². The van der Waals surface area contributed by atoms with Gasteiger partial charge < -0.3 is 29.9 Å². The fraction of sp³-hybridized carbons (Fsp3) is 0.433. The van der Waals surface area contributed by atoms with Crippen molar-refractivity contribution in [3.63, 3.8) is 0 Å². The summed E-state index contributed by atoms with van der Waals surface area (Å²) in [5.41, 5.74) is 2.04. The first-order valence-electron chi connectivity index (χ1n) is 13.2. The van der Waals surface area contributed by atoms with Gasteiger partial charge >= 0.3 is 0 Å². The molecule has 3 N–H and O–H groups in total. The van der Waals surface area contributed by atoms with Crippen LogP contribution in [0.15, 0.2) is 54.1 Å². The number of methoxy groups -OCH3 is 1. The minimum Gasteiger partial charge on any atom is -0.493 e. The van der Waals surface area contributed by atoms with Crippen molar-refractivity contribution in [1.29, 1.82) is 0 Å². The molecule has 4 atom stereocenters. The Balaban J connectivity index is 1.78. The molecule has 0 aromatic heterocycles. The second-order valence-electron chi connectivity index (χ2n) is 10.3. The lowest BCUT2D eigenvalue weighted by Gasteiger charge is -2.41. The van der Waals surface area contributed by atoms with Gasteiger partial charge in [-0.3, -0.25) is 14.4 Å². The lowest BCUT2D eigenvalue weighted by atomic mass is 9.77. The minimum absolute atomic E-state index is 0.0379. The van der Waals surface area contributed by atoms with Crippen molar-refractivity contribution in [3.8, 4) is 11.5 Å². The standard InChI is InChI=1S/C30H36N2O7/c1-18(2)9-11-32(25(35)15-19-7-5-4-6-8-19)23-16-22(30(37)31-10-12-33)26-21-13-20(17-34)14-24(38-3)28(21)39-29(26)27(23)36/h4-8,13-14,16-18,23,26-27,29,33,36H,9-12,15H2,1-3H3,(H,31,37)/t23-,26+,27+,29+/m1/s1. The number of aliphatic hydroxyl groups excluding tert-OH is 2. The third-order valence-electron chi connectivity index (χ3n) is 7.24. The monoisotopic (exact) mass is 536 g/mol. The van der Waals surface area contributed by atoms with Crippen LogP contribution in [-0.4, -0.2) is 78.3 Å². The van der Waals surface area contributed by atoms with Gasteiger partial charge in [0, 0.05) is 29.8 Å².